The fourth-order valence-corrected chi connectivity index (χ4v) is 2.15. The fraction of sp³-hybridized carbons (Fsp3) is 0.278. The number of aromatic carboxylic acids is 1. The molecule has 2 aromatic carbocycles. The minimum absolute atomic E-state index is 0.0173. The molecule has 1 N–H and O–H groups in total. The maximum absolute atomic E-state index is 13.8. The molecule has 0 atom stereocenters. The van der Waals surface area contributed by atoms with Crippen molar-refractivity contribution in [3.8, 4) is 11.5 Å². The number of carboxylic acids is 1. The highest BCUT2D eigenvalue weighted by Gasteiger charge is 2.10. The first-order valence-electron chi connectivity index (χ1n) is 7.40. The van der Waals surface area contributed by atoms with Crippen molar-refractivity contribution in [2.45, 2.75) is 32.6 Å². The predicted octanol–water partition coefficient (Wildman–Crippen LogP) is 5.05. The first-order valence-corrected chi connectivity index (χ1v) is 7.40. The zero-order valence-electron chi connectivity index (χ0n) is 12.5. The van der Waals surface area contributed by atoms with Crippen LogP contribution in [0.15, 0.2) is 42.5 Å². The summed E-state index contributed by atoms with van der Waals surface area (Å²) < 4.78 is 19.2. The van der Waals surface area contributed by atoms with E-state index in [2.05, 4.69) is 6.92 Å². The molecule has 0 bridgehead atoms. The van der Waals surface area contributed by atoms with Crippen LogP contribution in [-0.4, -0.2) is 11.1 Å². The number of unbranched alkanes of at least 4 members (excludes halogenated alkanes) is 2. The van der Waals surface area contributed by atoms with Gasteiger partial charge in [-0.1, -0.05) is 31.9 Å². The highest BCUT2D eigenvalue weighted by molar-refractivity contribution is 5.87. The zero-order valence-corrected chi connectivity index (χ0v) is 12.5. The topological polar surface area (TPSA) is 46.5 Å². The molecule has 0 spiro atoms. The Balaban J connectivity index is 2.03. The van der Waals surface area contributed by atoms with Gasteiger partial charge in [0.25, 0.3) is 0 Å². The van der Waals surface area contributed by atoms with E-state index in [1.54, 1.807) is 12.1 Å². The standard InChI is InChI=1S/C18H19FO3/c1-2-3-4-5-13-6-9-15(10-7-13)22-17-11-8-14(18(20)21)12-16(17)19/h6-12H,2-5H2,1H3,(H,20,21). The van der Waals surface area contributed by atoms with Gasteiger partial charge in [0.15, 0.2) is 11.6 Å². The van der Waals surface area contributed by atoms with Gasteiger partial charge in [0.2, 0.25) is 0 Å². The lowest BCUT2D eigenvalue weighted by atomic mass is 10.1. The Morgan fingerprint density at radius 3 is 2.45 bits per heavy atom. The van der Waals surface area contributed by atoms with Crippen molar-refractivity contribution < 1.29 is 19.0 Å². The predicted molar refractivity (Wildman–Crippen MR) is 83.1 cm³/mol. The van der Waals surface area contributed by atoms with Crippen LogP contribution in [-0.2, 0) is 6.42 Å². The quantitative estimate of drug-likeness (QED) is 0.728. The average Bonchev–Trinajstić information content (AvgIpc) is 2.51. The summed E-state index contributed by atoms with van der Waals surface area (Å²) in [5.74, 6) is -1.31. The first-order chi connectivity index (χ1) is 10.6. The molecule has 0 aliphatic rings. The van der Waals surface area contributed by atoms with Crippen LogP contribution < -0.4 is 4.74 Å². The molecule has 0 fully saturated rings. The average molecular weight is 302 g/mol. The number of hydrogen-bond donors (Lipinski definition) is 1. The van der Waals surface area contributed by atoms with Crippen LogP contribution in [0, 0.1) is 5.82 Å². The molecule has 2 aromatic rings. The van der Waals surface area contributed by atoms with Gasteiger partial charge < -0.3 is 9.84 Å². The van der Waals surface area contributed by atoms with Crippen LogP contribution in [0.4, 0.5) is 4.39 Å². The number of carbonyl (C=O) groups is 1. The lowest BCUT2D eigenvalue weighted by Crippen LogP contribution is -1.98. The minimum atomic E-state index is -1.16. The second-order valence-corrected chi connectivity index (χ2v) is 5.15. The number of ether oxygens (including phenoxy) is 1. The molecule has 0 amide bonds. The smallest absolute Gasteiger partial charge is 0.335 e. The van der Waals surface area contributed by atoms with E-state index in [0.717, 1.165) is 18.9 Å². The molecule has 22 heavy (non-hydrogen) atoms. The summed E-state index contributed by atoms with van der Waals surface area (Å²) in [7, 11) is 0. The second-order valence-electron chi connectivity index (χ2n) is 5.15. The molecule has 3 nitrogen and oxygen atoms in total. The number of benzene rings is 2. The summed E-state index contributed by atoms with van der Waals surface area (Å²) in [5.41, 5.74) is 1.12. The molecule has 0 aliphatic carbocycles. The molecule has 0 saturated carbocycles. The Morgan fingerprint density at radius 2 is 1.86 bits per heavy atom. The molecule has 0 aromatic heterocycles. The Kier molecular flexibility index (Phi) is 5.53. The van der Waals surface area contributed by atoms with E-state index in [9.17, 15) is 9.18 Å². The van der Waals surface area contributed by atoms with Gasteiger partial charge in [-0.05, 0) is 48.7 Å². The van der Waals surface area contributed by atoms with Gasteiger partial charge in [0.05, 0.1) is 5.56 Å². The minimum Gasteiger partial charge on any atom is -0.478 e. The number of aryl methyl sites for hydroxylation is 1. The van der Waals surface area contributed by atoms with Gasteiger partial charge in [-0.3, -0.25) is 0 Å². The molecule has 0 aliphatic heterocycles. The van der Waals surface area contributed by atoms with Crippen LogP contribution in [0.2, 0.25) is 0 Å². The van der Waals surface area contributed by atoms with Crippen molar-refractivity contribution in [1.82, 2.24) is 0 Å². The van der Waals surface area contributed by atoms with Gasteiger partial charge in [-0.15, -0.1) is 0 Å². The van der Waals surface area contributed by atoms with E-state index in [1.165, 1.54) is 30.5 Å². The second kappa shape index (κ2) is 7.59. The van der Waals surface area contributed by atoms with Crippen LogP contribution in [0.3, 0.4) is 0 Å². The molecule has 116 valence electrons. The first kappa shape index (κ1) is 16.0. The van der Waals surface area contributed by atoms with Crippen molar-refractivity contribution in [3.05, 3.63) is 59.4 Å². The largest absolute Gasteiger partial charge is 0.478 e. The maximum Gasteiger partial charge on any atom is 0.335 e. The summed E-state index contributed by atoms with van der Waals surface area (Å²) in [4.78, 5) is 10.8. The molecule has 0 saturated heterocycles. The monoisotopic (exact) mass is 302 g/mol. The van der Waals surface area contributed by atoms with Crippen molar-refractivity contribution >= 4 is 5.97 Å². The van der Waals surface area contributed by atoms with E-state index in [-0.39, 0.29) is 11.3 Å². The van der Waals surface area contributed by atoms with Gasteiger partial charge in [0, 0.05) is 0 Å². The highest BCUT2D eigenvalue weighted by atomic mass is 19.1. The third-order valence-electron chi connectivity index (χ3n) is 3.40. The van der Waals surface area contributed by atoms with E-state index < -0.39 is 11.8 Å². The Hall–Kier alpha value is -2.36. The van der Waals surface area contributed by atoms with Gasteiger partial charge in [0.1, 0.15) is 5.75 Å². The molecule has 0 heterocycles. The third-order valence-corrected chi connectivity index (χ3v) is 3.40. The van der Waals surface area contributed by atoms with E-state index in [1.807, 2.05) is 12.1 Å². The molecular formula is C18H19FO3. The van der Waals surface area contributed by atoms with Crippen molar-refractivity contribution in [2.75, 3.05) is 0 Å². The molecular weight excluding hydrogens is 283 g/mol. The fourth-order valence-electron chi connectivity index (χ4n) is 2.15. The lowest BCUT2D eigenvalue weighted by Gasteiger charge is -2.08. The molecule has 0 radical (unpaired) electrons. The highest BCUT2D eigenvalue weighted by Crippen LogP contribution is 2.25. The van der Waals surface area contributed by atoms with Crippen LogP contribution in [0.5, 0.6) is 11.5 Å². The van der Waals surface area contributed by atoms with Crippen molar-refractivity contribution in [2.24, 2.45) is 0 Å². The number of rotatable bonds is 7. The van der Waals surface area contributed by atoms with Gasteiger partial charge >= 0.3 is 5.97 Å². The zero-order chi connectivity index (χ0) is 15.9. The third kappa shape index (κ3) is 4.32. The van der Waals surface area contributed by atoms with Gasteiger partial charge in [-0.25, -0.2) is 9.18 Å². The van der Waals surface area contributed by atoms with E-state index >= 15 is 0 Å². The molecule has 4 heteroatoms. The Labute approximate surface area is 129 Å². The van der Waals surface area contributed by atoms with E-state index in [0.29, 0.717) is 5.75 Å². The summed E-state index contributed by atoms with van der Waals surface area (Å²) in [6.45, 7) is 2.17. The van der Waals surface area contributed by atoms with Crippen molar-refractivity contribution in [3.63, 3.8) is 0 Å². The summed E-state index contributed by atoms with van der Waals surface area (Å²) in [5, 5.41) is 8.80. The lowest BCUT2D eigenvalue weighted by molar-refractivity contribution is 0.0696. The normalized spacial score (nSPS) is 10.5. The maximum atomic E-state index is 13.8. The van der Waals surface area contributed by atoms with Crippen LogP contribution >= 0.6 is 0 Å². The summed E-state index contributed by atoms with van der Waals surface area (Å²) in [6.07, 6.45) is 4.57. The SMILES string of the molecule is CCCCCc1ccc(Oc2ccc(C(=O)O)cc2F)cc1. The van der Waals surface area contributed by atoms with Gasteiger partial charge in [-0.2, -0.15) is 0 Å². The van der Waals surface area contributed by atoms with Crippen LogP contribution in [0.25, 0.3) is 0 Å². The Bertz CT molecular complexity index is 635. The summed E-state index contributed by atoms with van der Waals surface area (Å²) in [6, 6.07) is 11.1. The Morgan fingerprint density at radius 1 is 1.14 bits per heavy atom. The molecule has 2 rings (SSSR count). The summed E-state index contributed by atoms with van der Waals surface area (Å²) >= 11 is 0. The van der Waals surface area contributed by atoms with E-state index in [4.69, 9.17) is 9.84 Å². The molecule has 0 unspecified atom stereocenters. The number of halogens is 1. The van der Waals surface area contributed by atoms with Crippen molar-refractivity contribution in [1.29, 1.82) is 0 Å². The number of carboxylic acid groups (broad SMARTS) is 1. The number of hydrogen-bond acceptors (Lipinski definition) is 2. The van der Waals surface area contributed by atoms with Crippen LogP contribution in [0.1, 0.15) is 42.1 Å².